The largest absolute Gasteiger partial charge is 0.490 e. The lowest BCUT2D eigenvalue weighted by Crippen LogP contribution is -2.42. The number of aliphatic carboxylic acids is 1. The smallest absolute Gasteiger partial charge is 0.328 e. The van der Waals surface area contributed by atoms with E-state index in [1.165, 1.54) is 12.1 Å². The van der Waals surface area contributed by atoms with Crippen LogP contribution >= 0.6 is 0 Å². The van der Waals surface area contributed by atoms with Gasteiger partial charge in [-0.2, -0.15) is 0 Å². The molecular formula is C15H18FNO4. The predicted octanol–water partition coefficient (Wildman–Crippen LogP) is 2.18. The summed E-state index contributed by atoms with van der Waals surface area (Å²) in [6.45, 7) is 3.08. The number of rotatable bonds is 7. The van der Waals surface area contributed by atoms with Crippen LogP contribution in [0.15, 0.2) is 35.9 Å². The molecule has 114 valence electrons. The van der Waals surface area contributed by atoms with Crippen molar-refractivity contribution >= 4 is 11.9 Å². The second-order valence-electron chi connectivity index (χ2n) is 4.64. The van der Waals surface area contributed by atoms with Crippen LogP contribution in [0.1, 0.15) is 24.2 Å². The van der Waals surface area contributed by atoms with Crippen molar-refractivity contribution in [2.45, 2.75) is 19.9 Å². The lowest BCUT2D eigenvalue weighted by molar-refractivity contribution is -0.139. The van der Waals surface area contributed by atoms with E-state index >= 15 is 0 Å². The molecule has 0 radical (unpaired) electrons. The topological polar surface area (TPSA) is 75.6 Å². The molecule has 5 nitrogen and oxygen atoms in total. The zero-order valence-electron chi connectivity index (χ0n) is 11.9. The number of halogens is 1. The summed E-state index contributed by atoms with van der Waals surface area (Å²) in [5.74, 6) is -1.60. The minimum atomic E-state index is -1.55. The van der Waals surface area contributed by atoms with Crippen LogP contribution in [0.5, 0.6) is 5.75 Å². The van der Waals surface area contributed by atoms with Gasteiger partial charge in [0.25, 0.3) is 5.91 Å². The Hall–Kier alpha value is -2.37. The van der Waals surface area contributed by atoms with Crippen molar-refractivity contribution in [3.63, 3.8) is 0 Å². The van der Waals surface area contributed by atoms with E-state index in [1.54, 1.807) is 12.1 Å². The molecule has 0 spiro atoms. The number of amides is 1. The Morgan fingerprint density at radius 1 is 1.43 bits per heavy atom. The molecule has 0 bridgehead atoms. The van der Waals surface area contributed by atoms with Gasteiger partial charge in [0.2, 0.25) is 0 Å². The summed E-state index contributed by atoms with van der Waals surface area (Å²) in [5, 5.41) is 10.8. The third-order valence-corrected chi connectivity index (χ3v) is 2.60. The SMILES string of the molecule is CC(C)=CCOc1cccc(C(=O)NC(CF)C(=O)O)c1. The summed E-state index contributed by atoms with van der Waals surface area (Å²) in [6.07, 6.45) is 1.89. The number of allylic oxidation sites excluding steroid dienone is 1. The highest BCUT2D eigenvalue weighted by Gasteiger charge is 2.20. The maximum Gasteiger partial charge on any atom is 0.328 e. The van der Waals surface area contributed by atoms with Gasteiger partial charge in [0.05, 0.1) is 0 Å². The van der Waals surface area contributed by atoms with E-state index in [2.05, 4.69) is 5.32 Å². The number of hydrogen-bond donors (Lipinski definition) is 2. The Labute approximate surface area is 122 Å². The van der Waals surface area contributed by atoms with E-state index in [-0.39, 0.29) is 5.56 Å². The minimum absolute atomic E-state index is 0.212. The number of alkyl halides is 1. The molecule has 6 heteroatoms. The summed E-state index contributed by atoms with van der Waals surface area (Å²) >= 11 is 0. The summed E-state index contributed by atoms with van der Waals surface area (Å²) in [7, 11) is 0. The molecule has 0 fully saturated rings. The van der Waals surface area contributed by atoms with Crippen LogP contribution in [0.3, 0.4) is 0 Å². The molecule has 0 aliphatic heterocycles. The zero-order valence-corrected chi connectivity index (χ0v) is 11.9. The molecule has 0 aliphatic carbocycles. The van der Waals surface area contributed by atoms with Gasteiger partial charge >= 0.3 is 5.97 Å². The molecular weight excluding hydrogens is 277 g/mol. The van der Waals surface area contributed by atoms with Crippen molar-refractivity contribution in [2.75, 3.05) is 13.3 Å². The number of carbonyl (C=O) groups is 2. The quantitative estimate of drug-likeness (QED) is 0.756. The average molecular weight is 295 g/mol. The van der Waals surface area contributed by atoms with E-state index in [1.807, 2.05) is 19.9 Å². The van der Waals surface area contributed by atoms with Crippen molar-refractivity contribution in [2.24, 2.45) is 0 Å². The molecule has 0 aliphatic rings. The first-order valence-electron chi connectivity index (χ1n) is 6.40. The summed E-state index contributed by atoms with van der Waals surface area (Å²) in [6, 6.07) is 4.72. The molecule has 21 heavy (non-hydrogen) atoms. The Balaban J connectivity index is 2.72. The lowest BCUT2D eigenvalue weighted by atomic mass is 10.2. The normalized spacial score (nSPS) is 11.4. The third-order valence-electron chi connectivity index (χ3n) is 2.60. The standard InChI is InChI=1S/C15H18FNO4/c1-10(2)6-7-21-12-5-3-4-11(8-12)14(18)17-13(9-16)15(19)20/h3-6,8,13H,7,9H2,1-2H3,(H,17,18)(H,19,20). The molecule has 1 atom stereocenters. The molecule has 0 saturated heterocycles. The number of hydrogen-bond acceptors (Lipinski definition) is 3. The van der Waals surface area contributed by atoms with Crippen molar-refractivity contribution in [3.05, 3.63) is 41.5 Å². The zero-order chi connectivity index (χ0) is 15.8. The second kappa shape index (κ2) is 8.04. The molecule has 1 aromatic carbocycles. The highest BCUT2D eigenvalue weighted by Crippen LogP contribution is 2.13. The van der Waals surface area contributed by atoms with Crippen molar-refractivity contribution in [1.29, 1.82) is 0 Å². The van der Waals surface area contributed by atoms with Crippen LogP contribution in [0.25, 0.3) is 0 Å². The highest BCUT2D eigenvalue weighted by molar-refractivity contribution is 5.96. The van der Waals surface area contributed by atoms with E-state index in [0.29, 0.717) is 12.4 Å². The number of carbonyl (C=O) groups excluding carboxylic acids is 1. The Kier molecular flexibility index (Phi) is 6.39. The van der Waals surface area contributed by atoms with Crippen LogP contribution in [-0.2, 0) is 4.79 Å². The fraction of sp³-hybridized carbons (Fsp3) is 0.333. The molecule has 1 aromatic rings. The van der Waals surface area contributed by atoms with Crippen LogP contribution in [0.4, 0.5) is 4.39 Å². The number of carboxylic acid groups (broad SMARTS) is 1. The van der Waals surface area contributed by atoms with Gasteiger partial charge in [-0.25, -0.2) is 9.18 Å². The molecule has 1 unspecified atom stereocenters. The lowest BCUT2D eigenvalue weighted by Gasteiger charge is -2.11. The van der Waals surface area contributed by atoms with Gasteiger partial charge in [-0.1, -0.05) is 11.6 Å². The average Bonchev–Trinajstić information content (AvgIpc) is 2.44. The third kappa shape index (κ3) is 5.64. The summed E-state index contributed by atoms with van der Waals surface area (Å²) in [4.78, 5) is 22.5. The molecule has 1 amide bonds. The number of benzene rings is 1. The van der Waals surface area contributed by atoms with Gasteiger partial charge in [-0.3, -0.25) is 4.79 Å². The van der Waals surface area contributed by atoms with E-state index < -0.39 is 24.6 Å². The summed E-state index contributed by atoms with van der Waals surface area (Å²) in [5.41, 5.74) is 1.32. The maximum absolute atomic E-state index is 12.5. The first kappa shape index (κ1) is 16.7. The van der Waals surface area contributed by atoms with E-state index in [0.717, 1.165) is 5.57 Å². The molecule has 0 aromatic heterocycles. The number of nitrogens with one attached hydrogen (secondary N) is 1. The molecule has 0 heterocycles. The van der Waals surface area contributed by atoms with Crippen LogP contribution < -0.4 is 10.1 Å². The second-order valence-corrected chi connectivity index (χ2v) is 4.64. The number of carboxylic acids is 1. The monoisotopic (exact) mass is 295 g/mol. The van der Waals surface area contributed by atoms with Crippen molar-refractivity contribution in [1.82, 2.24) is 5.32 Å². The van der Waals surface area contributed by atoms with Crippen LogP contribution in [0.2, 0.25) is 0 Å². The fourth-order valence-corrected chi connectivity index (χ4v) is 1.44. The minimum Gasteiger partial charge on any atom is -0.490 e. The Morgan fingerprint density at radius 2 is 2.14 bits per heavy atom. The van der Waals surface area contributed by atoms with Gasteiger partial charge < -0.3 is 15.2 Å². The highest BCUT2D eigenvalue weighted by atomic mass is 19.1. The van der Waals surface area contributed by atoms with Gasteiger partial charge in [0.1, 0.15) is 19.0 Å². The van der Waals surface area contributed by atoms with Crippen LogP contribution in [0, 0.1) is 0 Å². The molecule has 1 rings (SSSR count). The maximum atomic E-state index is 12.5. The van der Waals surface area contributed by atoms with Gasteiger partial charge in [-0.15, -0.1) is 0 Å². The van der Waals surface area contributed by atoms with Gasteiger partial charge in [0, 0.05) is 5.56 Å². The number of ether oxygens (including phenoxy) is 1. The van der Waals surface area contributed by atoms with E-state index in [4.69, 9.17) is 9.84 Å². The van der Waals surface area contributed by atoms with Gasteiger partial charge in [-0.05, 0) is 38.1 Å². The predicted molar refractivity (Wildman–Crippen MR) is 76.2 cm³/mol. The van der Waals surface area contributed by atoms with Crippen LogP contribution in [-0.4, -0.2) is 36.3 Å². The first-order chi connectivity index (χ1) is 9.93. The van der Waals surface area contributed by atoms with E-state index in [9.17, 15) is 14.0 Å². The van der Waals surface area contributed by atoms with Crippen molar-refractivity contribution in [3.8, 4) is 5.75 Å². The summed E-state index contributed by atoms with van der Waals surface area (Å²) < 4.78 is 17.9. The van der Waals surface area contributed by atoms with Crippen molar-refractivity contribution < 1.29 is 23.8 Å². The first-order valence-corrected chi connectivity index (χ1v) is 6.40. The Morgan fingerprint density at radius 3 is 2.71 bits per heavy atom. The van der Waals surface area contributed by atoms with Gasteiger partial charge in [0.15, 0.2) is 6.04 Å². The molecule has 2 N–H and O–H groups in total. The Bertz CT molecular complexity index is 538. The fourth-order valence-electron chi connectivity index (χ4n) is 1.44. The molecule has 0 saturated carbocycles.